The van der Waals surface area contributed by atoms with E-state index < -0.39 is 0 Å². The van der Waals surface area contributed by atoms with Crippen molar-refractivity contribution in [3.8, 4) is 0 Å². The van der Waals surface area contributed by atoms with Gasteiger partial charge in [0.15, 0.2) is 0 Å². The standard InChI is InChI=1S/C17H23NO2/c1-17(2,3)15-9-11-18(12-10-15)16(19)20-13-14-7-5-4-6-8-14/h4-9H,10-13H2,1-3H3. The molecule has 0 unspecified atom stereocenters. The summed E-state index contributed by atoms with van der Waals surface area (Å²) in [5.41, 5.74) is 2.63. The lowest BCUT2D eigenvalue weighted by Gasteiger charge is -2.31. The fourth-order valence-electron chi connectivity index (χ4n) is 2.33. The van der Waals surface area contributed by atoms with E-state index in [1.807, 2.05) is 30.3 Å². The van der Waals surface area contributed by atoms with Crippen LogP contribution in [-0.2, 0) is 11.3 Å². The second-order valence-electron chi connectivity index (χ2n) is 6.22. The normalized spacial score (nSPS) is 15.8. The fraction of sp³-hybridized carbons (Fsp3) is 0.471. The van der Waals surface area contributed by atoms with Gasteiger partial charge >= 0.3 is 6.09 Å². The van der Waals surface area contributed by atoms with Gasteiger partial charge < -0.3 is 9.64 Å². The number of carbonyl (C=O) groups excluding carboxylic acids is 1. The molecule has 0 saturated carbocycles. The van der Waals surface area contributed by atoms with Crippen molar-refractivity contribution in [2.75, 3.05) is 13.1 Å². The summed E-state index contributed by atoms with van der Waals surface area (Å²) in [5.74, 6) is 0. The van der Waals surface area contributed by atoms with Crippen LogP contribution in [0.4, 0.5) is 4.79 Å². The molecule has 0 aliphatic carbocycles. The van der Waals surface area contributed by atoms with Crippen LogP contribution in [0.5, 0.6) is 0 Å². The number of carbonyl (C=O) groups is 1. The molecule has 1 aliphatic rings. The molecule has 3 heteroatoms. The van der Waals surface area contributed by atoms with Crippen LogP contribution in [0.3, 0.4) is 0 Å². The first-order valence-electron chi connectivity index (χ1n) is 7.12. The summed E-state index contributed by atoms with van der Waals surface area (Å²) in [6, 6.07) is 9.77. The number of nitrogens with zero attached hydrogens (tertiary/aromatic N) is 1. The van der Waals surface area contributed by atoms with Gasteiger partial charge in [-0.1, -0.05) is 62.8 Å². The van der Waals surface area contributed by atoms with Gasteiger partial charge in [-0.3, -0.25) is 0 Å². The van der Waals surface area contributed by atoms with Crippen molar-refractivity contribution in [2.24, 2.45) is 5.41 Å². The average Bonchev–Trinajstić information content (AvgIpc) is 2.45. The van der Waals surface area contributed by atoms with Gasteiger partial charge in [0, 0.05) is 13.1 Å². The minimum atomic E-state index is -0.224. The number of amides is 1. The quantitative estimate of drug-likeness (QED) is 0.762. The highest BCUT2D eigenvalue weighted by atomic mass is 16.6. The maximum Gasteiger partial charge on any atom is 0.410 e. The molecule has 1 aromatic carbocycles. The summed E-state index contributed by atoms with van der Waals surface area (Å²) in [6.07, 6.45) is 2.87. The molecule has 0 N–H and O–H groups in total. The second kappa shape index (κ2) is 6.12. The SMILES string of the molecule is CC(C)(C)C1=CCN(C(=O)OCc2ccccc2)CC1. The Hall–Kier alpha value is -1.77. The van der Waals surface area contributed by atoms with Crippen molar-refractivity contribution in [1.29, 1.82) is 0 Å². The highest BCUT2D eigenvalue weighted by Gasteiger charge is 2.24. The maximum atomic E-state index is 12.0. The molecule has 0 spiro atoms. The first kappa shape index (κ1) is 14.6. The predicted molar refractivity (Wildman–Crippen MR) is 80.4 cm³/mol. The highest BCUT2D eigenvalue weighted by molar-refractivity contribution is 5.68. The van der Waals surface area contributed by atoms with Crippen LogP contribution in [0.15, 0.2) is 42.0 Å². The van der Waals surface area contributed by atoms with Gasteiger partial charge in [0.2, 0.25) is 0 Å². The molecule has 1 aromatic rings. The number of benzene rings is 1. The summed E-state index contributed by atoms with van der Waals surface area (Å²) in [6.45, 7) is 8.37. The molecule has 1 amide bonds. The lowest BCUT2D eigenvalue weighted by Crippen LogP contribution is -2.36. The number of rotatable bonds is 2. The van der Waals surface area contributed by atoms with Crippen LogP contribution in [0.25, 0.3) is 0 Å². The average molecular weight is 273 g/mol. The van der Waals surface area contributed by atoms with Crippen molar-refractivity contribution in [3.05, 3.63) is 47.5 Å². The third-order valence-electron chi connectivity index (χ3n) is 3.64. The first-order valence-corrected chi connectivity index (χ1v) is 7.12. The van der Waals surface area contributed by atoms with Gasteiger partial charge in [-0.25, -0.2) is 4.79 Å². The van der Waals surface area contributed by atoms with Gasteiger partial charge in [0.25, 0.3) is 0 Å². The smallest absolute Gasteiger partial charge is 0.410 e. The molecule has 1 aliphatic heterocycles. The molecule has 0 bridgehead atoms. The first-order chi connectivity index (χ1) is 9.47. The Morgan fingerprint density at radius 1 is 1.25 bits per heavy atom. The monoisotopic (exact) mass is 273 g/mol. The van der Waals surface area contributed by atoms with Crippen molar-refractivity contribution >= 4 is 6.09 Å². The van der Waals surface area contributed by atoms with Crippen molar-refractivity contribution in [1.82, 2.24) is 4.90 Å². The predicted octanol–water partition coefficient (Wildman–Crippen LogP) is 4.00. The molecular formula is C17H23NO2. The topological polar surface area (TPSA) is 29.5 Å². The zero-order valence-corrected chi connectivity index (χ0v) is 12.6. The Morgan fingerprint density at radius 3 is 2.50 bits per heavy atom. The number of ether oxygens (including phenoxy) is 1. The number of hydrogen-bond donors (Lipinski definition) is 0. The lowest BCUT2D eigenvalue weighted by molar-refractivity contribution is 0.0981. The van der Waals surface area contributed by atoms with Crippen LogP contribution in [0.2, 0.25) is 0 Å². The zero-order chi connectivity index (χ0) is 14.6. The third-order valence-corrected chi connectivity index (χ3v) is 3.64. The van der Waals surface area contributed by atoms with Gasteiger partial charge in [-0.05, 0) is 17.4 Å². The van der Waals surface area contributed by atoms with E-state index in [4.69, 9.17) is 4.74 Å². The summed E-state index contributed by atoms with van der Waals surface area (Å²) in [4.78, 5) is 13.8. The molecule has 3 nitrogen and oxygen atoms in total. The minimum absolute atomic E-state index is 0.194. The van der Waals surface area contributed by atoms with E-state index >= 15 is 0 Å². The molecule has 2 rings (SSSR count). The van der Waals surface area contributed by atoms with Crippen molar-refractivity contribution in [3.63, 3.8) is 0 Å². The molecule has 1 heterocycles. The molecular weight excluding hydrogens is 250 g/mol. The van der Waals surface area contributed by atoms with Crippen LogP contribution in [0, 0.1) is 5.41 Å². The third kappa shape index (κ3) is 3.86. The molecule has 0 atom stereocenters. The van der Waals surface area contributed by atoms with Gasteiger partial charge in [-0.2, -0.15) is 0 Å². The van der Waals surface area contributed by atoms with E-state index in [9.17, 15) is 4.79 Å². The number of hydrogen-bond acceptors (Lipinski definition) is 2. The van der Waals surface area contributed by atoms with E-state index in [-0.39, 0.29) is 11.5 Å². The Balaban J connectivity index is 1.85. The van der Waals surface area contributed by atoms with Crippen LogP contribution in [-0.4, -0.2) is 24.1 Å². The van der Waals surface area contributed by atoms with E-state index in [2.05, 4.69) is 26.8 Å². The van der Waals surface area contributed by atoms with Crippen LogP contribution in [0.1, 0.15) is 32.8 Å². The van der Waals surface area contributed by atoms with E-state index in [1.54, 1.807) is 4.90 Å². The molecule has 0 saturated heterocycles. The van der Waals surface area contributed by atoms with Gasteiger partial charge in [0.05, 0.1) is 0 Å². The van der Waals surface area contributed by atoms with Crippen LogP contribution < -0.4 is 0 Å². The van der Waals surface area contributed by atoms with Crippen LogP contribution >= 0.6 is 0 Å². The molecule has 0 radical (unpaired) electrons. The zero-order valence-electron chi connectivity index (χ0n) is 12.6. The lowest BCUT2D eigenvalue weighted by atomic mass is 9.83. The maximum absolute atomic E-state index is 12.0. The largest absolute Gasteiger partial charge is 0.445 e. The van der Waals surface area contributed by atoms with E-state index in [1.165, 1.54) is 5.57 Å². The molecule has 108 valence electrons. The van der Waals surface area contributed by atoms with E-state index in [0.717, 1.165) is 18.5 Å². The van der Waals surface area contributed by atoms with Gasteiger partial charge in [0.1, 0.15) is 6.61 Å². The van der Waals surface area contributed by atoms with Crippen molar-refractivity contribution in [2.45, 2.75) is 33.8 Å². The Morgan fingerprint density at radius 2 is 1.95 bits per heavy atom. The Labute approximate surface area is 121 Å². The molecule has 0 fully saturated rings. The summed E-state index contributed by atoms with van der Waals surface area (Å²) in [7, 11) is 0. The Bertz CT molecular complexity index is 485. The molecule has 20 heavy (non-hydrogen) atoms. The fourth-order valence-corrected chi connectivity index (χ4v) is 2.33. The van der Waals surface area contributed by atoms with Crippen molar-refractivity contribution < 1.29 is 9.53 Å². The summed E-state index contributed by atoms with van der Waals surface area (Å²) in [5, 5.41) is 0. The van der Waals surface area contributed by atoms with Gasteiger partial charge in [-0.15, -0.1) is 0 Å². The highest BCUT2D eigenvalue weighted by Crippen LogP contribution is 2.30. The molecule has 0 aromatic heterocycles. The summed E-state index contributed by atoms with van der Waals surface area (Å²) >= 11 is 0. The van der Waals surface area contributed by atoms with E-state index in [0.29, 0.717) is 13.2 Å². The Kier molecular flexibility index (Phi) is 4.48. The second-order valence-corrected chi connectivity index (χ2v) is 6.22. The minimum Gasteiger partial charge on any atom is -0.445 e. The summed E-state index contributed by atoms with van der Waals surface area (Å²) < 4.78 is 5.35.